The molecule has 1 atom stereocenters. The number of carbonyl (C=O) groups excluding carboxylic acids is 1. The Labute approximate surface area is 165 Å². The van der Waals surface area contributed by atoms with E-state index in [0.717, 1.165) is 6.08 Å². The number of aromatic nitrogens is 2. The minimum Gasteiger partial charge on any atom is -0.497 e. The zero-order chi connectivity index (χ0) is 20.1. The summed E-state index contributed by atoms with van der Waals surface area (Å²) in [5.41, 5.74) is 0.806. The SMILES string of the molecule is COc1ccc(-c2nnc([C@@H](C)OC(=O)/C=C/c3c(F)cccc3Cl)o2)cc1. The van der Waals surface area contributed by atoms with Gasteiger partial charge >= 0.3 is 5.97 Å². The largest absolute Gasteiger partial charge is 0.497 e. The highest BCUT2D eigenvalue weighted by atomic mass is 35.5. The summed E-state index contributed by atoms with van der Waals surface area (Å²) in [6.45, 7) is 1.59. The Hall–Kier alpha value is -3.19. The molecule has 0 N–H and O–H groups in total. The zero-order valence-corrected chi connectivity index (χ0v) is 15.8. The summed E-state index contributed by atoms with van der Waals surface area (Å²) in [5.74, 6) is -0.111. The third-order valence-electron chi connectivity index (χ3n) is 3.80. The van der Waals surface area contributed by atoms with Gasteiger partial charge in [0.25, 0.3) is 5.89 Å². The Bertz CT molecular complexity index is 981. The Balaban J connectivity index is 1.66. The maximum Gasteiger partial charge on any atom is 0.331 e. The molecule has 0 bridgehead atoms. The van der Waals surface area contributed by atoms with Gasteiger partial charge in [0.2, 0.25) is 5.89 Å². The lowest BCUT2D eigenvalue weighted by molar-refractivity contribution is -0.143. The maximum atomic E-state index is 13.7. The Morgan fingerprint density at radius 2 is 1.96 bits per heavy atom. The third-order valence-corrected chi connectivity index (χ3v) is 4.13. The van der Waals surface area contributed by atoms with Gasteiger partial charge in [-0.05, 0) is 49.4 Å². The summed E-state index contributed by atoms with van der Waals surface area (Å²) in [4.78, 5) is 12.0. The number of hydrogen-bond acceptors (Lipinski definition) is 6. The van der Waals surface area contributed by atoms with Gasteiger partial charge in [0, 0.05) is 17.2 Å². The van der Waals surface area contributed by atoms with Crippen LogP contribution in [0.4, 0.5) is 4.39 Å². The molecular weight excluding hydrogens is 387 g/mol. The van der Waals surface area contributed by atoms with E-state index in [-0.39, 0.29) is 22.4 Å². The molecule has 0 fully saturated rings. The Morgan fingerprint density at radius 1 is 1.21 bits per heavy atom. The van der Waals surface area contributed by atoms with E-state index in [4.69, 9.17) is 25.5 Å². The number of hydrogen-bond donors (Lipinski definition) is 0. The van der Waals surface area contributed by atoms with Crippen molar-refractivity contribution in [2.75, 3.05) is 7.11 Å². The predicted molar refractivity (Wildman–Crippen MR) is 101 cm³/mol. The Kier molecular flexibility index (Phi) is 6.06. The molecule has 0 aliphatic heterocycles. The highest BCUT2D eigenvalue weighted by Gasteiger charge is 2.18. The molecule has 0 aliphatic rings. The molecule has 0 spiro atoms. The van der Waals surface area contributed by atoms with Crippen LogP contribution in [-0.2, 0) is 9.53 Å². The second kappa shape index (κ2) is 8.67. The number of esters is 1. The minimum absolute atomic E-state index is 0.105. The van der Waals surface area contributed by atoms with Gasteiger partial charge in [-0.1, -0.05) is 17.7 Å². The molecule has 2 aromatic carbocycles. The normalized spacial score (nSPS) is 12.1. The lowest BCUT2D eigenvalue weighted by Crippen LogP contribution is -2.06. The van der Waals surface area contributed by atoms with Gasteiger partial charge in [0.1, 0.15) is 11.6 Å². The van der Waals surface area contributed by atoms with Crippen molar-refractivity contribution < 1.29 is 23.1 Å². The smallest absolute Gasteiger partial charge is 0.331 e. The van der Waals surface area contributed by atoms with Crippen LogP contribution in [0.15, 0.2) is 53.0 Å². The van der Waals surface area contributed by atoms with Crippen LogP contribution < -0.4 is 4.74 Å². The number of methoxy groups -OCH3 is 1. The fourth-order valence-corrected chi connectivity index (χ4v) is 2.56. The number of benzene rings is 2. The average Bonchev–Trinajstić information content (AvgIpc) is 3.18. The number of halogens is 2. The predicted octanol–water partition coefficient (Wildman–Crippen LogP) is 4.86. The molecule has 28 heavy (non-hydrogen) atoms. The van der Waals surface area contributed by atoms with Crippen LogP contribution in [0.2, 0.25) is 5.02 Å². The summed E-state index contributed by atoms with van der Waals surface area (Å²) in [5, 5.41) is 8.05. The topological polar surface area (TPSA) is 74.5 Å². The first kappa shape index (κ1) is 19.6. The van der Waals surface area contributed by atoms with Gasteiger partial charge in [0.05, 0.1) is 12.1 Å². The van der Waals surface area contributed by atoms with Crippen LogP contribution in [0.25, 0.3) is 17.5 Å². The van der Waals surface area contributed by atoms with E-state index >= 15 is 0 Å². The molecule has 1 heterocycles. The van der Waals surface area contributed by atoms with Crippen molar-refractivity contribution in [3.05, 3.63) is 70.8 Å². The van der Waals surface area contributed by atoms with E-state index in [1.165, 1.54) is 24.3 Å². The highest BCUT2D eigenvalue weighted by Crippen LogP contribution is 2.25. The van der Waals surface area contributed by atoms with Crippen LogP contribution in [-0.4, -0.2) is 23.3 Å². The average molecular weight is 403 g/mol. The van der Waals surface area contributed by atoms with Crippen molar-refractivity contribution in [2.45, 2.75) is 13.0 Å². The molecule has 144 valence electrons. The van der Waals surface area contributed by atoms with Gasteiger partial charge in [0.15, 0.2) is 6.10 Å². The fourth-order valence-electron chi connectivity index (χ4n) is 2.33. The van der Waals surface area contributed by atoms with E-state index in [1.54, 1.807) is 38.3 Å². The quantitative estimate of drug-likeness (QED) is 0.433. The summed E-state index contributed by atoms with van der Waals surface area (Å²) in [6.07, 6.45) is 1.55. The van der Waals surface area contributed by atoms with Gasteiger partial charge < -0.3 is 13.9 Å². The van der Waals surface area contributed by atoms with Crippen LogP contribution in [0.1, 0.15) is 24.5 Å². The van der Waals surface area contributed by atoms with Crippen molar-refractivity contribution in [1.29, 1.82) is 0 Å². The molecule has 6 nitrogen and oxygen atoms in total. The molecule has 0 saturated heterocycles. The van der Waals surface area contributed by atoms with Crippen LogP contribution >= 0.6 is 11.6 Å². The van der Waals surface area contributed by atoms with Crippen LogP contribution in [0, 0.1) is 5.82 Å². The molecule has 0 saturated carbocycles. The Morgan fingerprint density at radius 3 is 2.64 bits per heavy atom. The highest BCUT2D eigenvalue weighted by molar-refractivity contribution is 6.32. The monoisotopic (exact) mass is 402 g/mol. The van der Waals surface area contributed by atoms with Crippen LogP contribution in [0.5, 0.6) is 5.75 Å². The summed E-state index contributed by atoms with van der Waals surface area (Å²) in [6, 6.07) is 11.3. The van der Waals surface area contributed by atoms with Gasteiger partial charge in [-0.2, -0.15) is 0 Å². The lowest BCUT2D eigenvalue weighted by Gasteiger charge is -2.07. The molecule has 8 heteroatoms. The number of nitrogens with zero attached hydrogens (tertiary/aromatic N) is 2. The fraction of sp³-hybridized carbons (Fsp3) is 0.150. The summed E-state index contributed by atoms with van der Waals surface area (Å²) < 4.78 is 29.6. The molecule has 0 radical (unpaired) electrons. The van der Waals surface area contributed by atoms with E-state index in [1.807, 2.05) is 0 Å². The second-order valence-corrected chi connectivity index (χ2v) is 6.13. The molecule has 3 rings (SSSR count). The molecule has 1 aromatic heterocycles. The van der Waals surface area contributed by atoms with Crippen molar-refractivity contribution in [2.24, 2.45) is 0 Å². The lowest BCUT2D eigenvalue weighted by atomic mass is 10.2. The number of carbonyl (C=O) groups is 1. The molecule has 0 unspecified atom stereocenters. The summed E-state index contributed by atoms with van der Waals surface area (Å²) in [7, 11) is 1.57. The van der Waals surface area contributed by atoms with Gasteiger partial charge in [-0.15, -0.1) is 10.2 Å². The van der Waals surface area contributed by atoms with E-state index in [0.29, 0.717) is 11.3 Å². The first-order valence-corrected chi connectivity index (χ1v) is 8.66. The number of rotatable bonds is 6. The van der Waals surface area contributed by atoms with Gasteiger partial charge in [-0.25, -0.2) is 9.18 Å². The summed E-state index contributed by atoms with van der Waals surface area (Å²) >= 11 is 5.91. The van der Waals surface area contributed by atoms with Gasteiger partial charge in [-0.3, -0.25) is 0 Å². The van der Waals surface area contributed by atoms with E-state index < -0.39 is 17.9 Å². The van der Waals surface area contributed by atoms with Crippen molar-refractivity contribution in [3.8, 4) is 17.2 Å². The molecule has 0 aliphatic carbocycles. The van der Waals surface area contributed by atoms with E-state index in [2.05, 4.69) is 10.2 Å². The second-order valence-electron chi connectivity index (χ2n) is 5.72. The van der Waals surface area contributed by atoms with Crippen molar-refractivity contribution in [3.63, 3.8) is 0 Å². The number of ether oxygens (including phenoxy) is 2. The van der Waals surface area contributed by atoms with E-state index in [9.17, 15) is 9.18 Å². The van der Waals surface area contributed by atoms with Crippen molar-refractivity contribution >= 4 is 23.6 Å². The van der Waals surface area contributed by atoms with Crippen molar-refractivity contribution in [1.82, 2.24) is 10.2 Å². The van der Waals surface area contributed by atoms with Crippen LogP contribution in [0.3, 0.4) is 0 Å². The molecule has 3 aromatic rings. The molecular formula is C20H16ClFN2O4. The molecule has 0 amide bonds. The zero-order valence-electron chi connectivity index (χ0n) is 15.1. The third kappa shape index (κ3) is 4.55. The minimum atomic E-state index is -0.784. The first-order valence-electron chi connectivity index (χ1n) is 8.28. The maximum absolute atomic E-state index is 13.7. The first-order chi connectivity index (χ1) is 13.5. The standard InChI is InChI=1S/C20H16ClFN2O4/c1-12(27-18(25)11-10-15-16(21)4-3-5-17(15)22)19-23-24-20(28-19)13-6-8-14(26-2)9-7-13/h3-12H,1-2H3/b11-10+/t12-/m1/s1.